The number of ketones is 1. The van der Waals surface area contributed by atoms with Crippen LogP contribution in [0.4, 0.5) is 0 Å². The second kappa shape index (κ2) is 6.58. The third-order valence-electron chi connectivity index (χ3n) is 3.38. The second-order valence-corrected chi connectivity index (χ2v) is 4.90. The van der Waals surface area contributed by atoms with Crippen molar-refractivity contribution in [1.82, 2.24) is 0 Å². The Morgan fingerprint density at radius 3 is 2.67 bits per heavy atom. The van der Waals surface area contributed by atoms with E-state index < -0.39 is 12.1 Å². The van der Waals surface area contributed by atoms with Gasteiger partial charge in [0.2, 0.25) is 0 Å². The molecule has 1 aromatic rings. The molecule has 2 unspecified atom stereocenters. The van der Waals surface area contributed by atoms with E-state index >= 15 is 0 Å². The molecule has 1 heterocycles. The van der Waals surface area contributed by atoms with Gasteiger partial charge in [-0.15, -0.1) is 0 Å². The topological polar surface area (TPSA) is 82.1 Å². The molecule has 21 heavy (non-hydrogen) atoms. The number of benzene rings is 1. The van der Waals surface area contributed by atoms with Crippen molar-refractivity contribution in [2.24, 2.45) is 0 Å². The van der Waals surface area contributed by atoms with Crippen molar-refractivity contribution in [2.75, 3.05) is 13.7 Å². The summed E-state index contributed by atoms with van der Waals surface area (Å²) >= 11 is 0. The largest absolute Gasteiger partial charge is 0.493 e. The van der Waals surface area contributed by atoms with Crippen molar-refractivity contribution >= 4 is 11.8 Å². The van der Waals surface area contributed by atoms with Crippen molar-refractivity contribution in [1.29, 1.82) is 0 Å². The van der Waals surface area contributed by atoms with E-state index in [1.165, 1.54) is 14.0 Å². The maximum absolute atomic E-state index is 11.3. The highest BCUT2D eigenvalue weighted by Crippen LogP contribution is 2.29. The molecule has 0 saturated carbocycles. The van der Waals surface area contributed by atoms with Crippen molar-refractivity contribution in [3.8, 4) is 11.5 Å². The molecule has 0 aliphatic carbocycles. The molecule has 1 N–H and O–H groups in total. The van der Waals surface area contributed by atoms with Gasteiger partial charge in [-0.05, 0) is 38.0 Å². The first-order valence-corrected chi connectivity index (χ1v) is 6.71. The number of carbonyl (C=O) groups excluding carboxylic acids is 1. The Morgan fingerprint density at radius 1 is 1.33 bits per heavy atom. The number of carbonyl (C=O) groups is 2. The van der Waals surface area contributed by atoms with E-state index in [9.17, 15) is 9.59 Å². The second-order valence-electron chi connectivity index (χ2n) is 4.90. The molecule has 1 aliphatic heterocycles. The van der Waals surface area contributed by atoms with E-state index in [-0.39, 0.29) is 18.5 Å². The van der Waals surface area contributed by atoms with Crippen LogP contribution in [0.3, 0.4) is 0 Å². The lowest BCUT2D eigenvalue weighted by atomic mass is 10.1. The summed E-state index contributed by atoms with van der Waals surface area (Å²) in [7, 11) is 1.50. The fourth-order valence-electron chi connectivity index (χ4n) is 2.20. The molecule has 0 amide bonds. The van der Waals surface area contributed by atoms with Gasteiger partial charge < -0.3 is 19.3 Å². The Kier molecular flexibility index (Phi) is 4.80. The quantitative estimate of drug-likeness (QED) is 0.807. The zero-order valence-electron chi connectivity index (χ0n) is 12.0. The Bertz CT molecular complexity index is 539. The highest BCUT2D eigenvalue weighted by molar-refractivity contribution is 5.94. The lowest BCUT2D eigenvalue weighted by Gasteiger charge is -2.15. The Hall–Kier alpha value is -2.08. The minimum atomic E-state index is -0.944. The molecule has 6 nitrogen and oxygen atoms in total. The van der Waals surface area contributed by atoms with Crippen LogP contribution >= 0.6 is 0 Å². The monoisotopic (exact) mass is 294 g/mol. The first-order valence-electron chi connectivity index (χ1n) is 6.71. The fourth-order valence-corrected chi connectivity index (χ4v) is 2.20. The van der Waals surface area contributed by atoms with E-state index in [1.54, 1.807) is 18.2 Å². The number of rotatable bonds is 6. The lowest BCUT2D eigenvalue weighted by Crippen LogP contribution is -2.23. The van der Waals surface area contributed by atoms with Gasteiger partial charge in [0.05, 0.1) is 13.2 Å². The van der Waals surface area contributed by atoms with Crippen LogP contribution in [0.5, 0.6) is 11.5 Å². The van der Waals surface area contributed by atoms with Crippen LogP contribution in [0, 0.1) is 0 Å². The molecule has 2 rings (SSSR count). The Labute approximate surface area is 122 Å². The van der Waals surface area contributed by atoms with Gasteiger partial charge in [0, 0.05) is 5.56 Å². The summed E-state index contributed by atoms with van der Waals surface area (Å²) in [5.41, 5.74) is 0.544. The van der Waals surface area contributed by atoms with Gasteiger partial charge in [-0.2, -0.15) is 0 Å². The van der Waals surface area contributed by atoms with Crippen molar-refractivity contribution < 1.29 is 28.9 Å². The van der Waals surface area contributed by atoms with Crippen LogP contribution in [-0.2, 0) is 9.53 Å². The number of ether oxygens (including phenoxy) is 3. The lowest BCUT2D eigenvalue weighted by molar-refractivity contribution is -0.149. The summed E-state index contributed by atoms with van der Waals surface area (Å²) in [6.07, 6.45) is 0.137. The van der Waals surface area contributed by atoms with Gasteiger partial charge >= 0.3 is 5.97 Å². The summed E-state index contributed by atoms with van der Waals surface area (Å²) < 4.78 is 16.2. The van der Waals surface area contributed by atoms with E-state index in [0.29, 0.717) is 29.9 Å². The van der Waals surface area contributed by atoms with Crippen LogP contribution in [0.15, 0.2) is 18.2 Å². The van der Waals surface area contributed by atoms with E-state index in [2.05, 4.69) is 0 Å². The molecule has 114 valence electrons. The van der Waals surface area contributed by atoms with Crippen LogP contribution in [0.2, 0.25) is 0 Å². The smallest absolute Gasteiger partial charge is 0.332 e. The number of Topliss-reactive ketones (excluding diaryl/α,β-unsaturated/α-hetero) is 1. The predicted octanol–water partition coefficient (Wildman–Crippen LogP) is 1.91. The van der Waals surface area contributed by atoms with Gasteiger partial charge in [0.25, 0.3) is 0 Å². The number of carboxylic acid groups (broad SMARTS) is 1. The molecule has 2 atom stereocenters. The van der Waals surface area contributed by atoms with Gasteiger partial charge in [0.15, 0.2) is 23.4 Å². The molecular weight excluding hydrogens is 276 g/mol. The molecular formula is C15H18O6. The molecule has 6 heteroatoms. The summed E-state index contributed by atoms with van der Waals surface area (Å²) in [6.45, 7) is 1.73. The maximum Gasteiger partial charge on any atom is 0.332 e. The van der Waals surface area contributed by atoms with Crippen molar-refractivity contribution in [2.45, 2.75) is 32.0 Å². The van der Waals surface area contributed by atoms with E-state index in [4.69, 9.17) is 19.3 Å². The SMILES string of the molecule is COc1cc(C(C)=O)ccc1OCC1CCC(C(=O)O)O1. The van der Waals surface area contributed by atoms with Gasteiger partial charge in [-0.25, -0.2) is 4.79 Å². The number of carboxylic acids is 1. The molecule has 0 aromatic heterocycles. The molecule has 1 aromatic carbocycles. The minimum Gasteiger partial charge on any atom is -0.493 e. The summed E-state index contributed by atoms with van der Waals surface area (Å²) in [4.78, 5) is 22.1. The molecule has 1 aliphatic rings. The molecule has 1 saturated heterocycles. The summed E-state index contributed by atoms with van der Waals surface area (Å²) in [5.74, 6) is -0.0236. The zero-order valence-corrected chi connectivity index (χ0v) is 12.0. The van der Waals surface area contributed by atoms with Crippen LogP contribution in [0.1, 0.15) is 30.1 Å². The van der Waals surface area contributed by atoms with Crippen molar-refractivity contribution in [3.05, 3.63) is 23.8 Å². The highest BCUT2D eigenvalue weighted by atomic mass is 16.6. The Morgan fingerprint density at radius 2 is 2.10 bits per heavy atom. The maximum atomic E-state index is 11.3. The molecule has 0 radical (unpaired) electrons. The van der Waals surface area contributed by atoms with E-state index in [0.717, 1.165) is 0 Å². The molecule has 1 fully saturated rings. The number of aliphatic carboxylic acids is 1. The van der Waals surface area contributed by atoms with Crippen molar-refractivity contribution in [3.63, 3.8) is 0 Å². The summed E-state index contributed by atoms with van der Waals surface area (Å²) in [5, 5.41) is 8.86. The van der Waals surface area contributed by atoms with Crippen LogP contribution < -0.4 is 9.47 Å². The number of hydrogen-bond donors (Lipinski definition) is 1. The number of methoxy groups -OCH3 is 1. The van der Waals surface area contributed by atoms with Crippen LogP contribution in [0.25, 0.3) is 0 Å². The molecule has 0 spiro atoms. The third-order valence-corrected chi connectivity index (χ3v) is 3.38. The first kappa shape index (κ1) is 15.3. The average Bonchev–Trinajstić information content (AvgIpc) is 2.93. The van der Waals surface area contributed by atoms with Gasteiger partial charge in [0.1, 0.15) is 6.61 Å². The highest BCUT2D eigenvalue weighted by Gasteiger charge is 2.30. The number of hydrogen-bond acceptors (Lipinski definition) is 5. The standard InChI is InChI=1S/C15H18O6/c1-9(16)10-3-5-12(14(7-10)19-2)20-8-11-4-6-13(21-11)15(17)18/h3,5,7,11,13H,4,6,8H2,1-2H3,(H,17,18). The minimum absolute atomic E-state index is 0.0525. The Balaban J connectivity index is 1.97. The zero-order chi connectivity index (χ0) is 15.4. The van der Waals surface area contributed by atoms with Crippen LogP contribution in [-0.4, -0.2) is 42.8 Å². The van der Waals surface area contributed by atoms with Gasteiger partial charge in [-0.1, -0.05) is 0 Å². The molecule has 0 bridgehead atoms. The predicted molar refractivity (Wildman–Crippen MR) is 74.0 cm³/mol. The van der Waals surface area contributed by atoms with E-state index in [1.807, 2.05) is 0 Å². The average molecular weight is 294 g/mol. The fraction of sp³-hybridized carbons (Fsp3) is 0.467. The van der Waals surface area contributed by atoms with Gasteiger partial charge in [-0.3, -0.25) is 4.79 Å². The first-order chi connectivity index (χ1) is 10.0. The third kappa shape index (κ3) is 3.72. The summed E-state index contributed by atoms with van der Waals surface area (Å²) in [6, 6.07) is 4.95. The normalized spacial score (nSPS) is 21.0.